The molecule has 1 aliphatic carbocycles. The lowest BCUT2D eigenvalue weighted by molar-refractivity contribution is -0.130. The molecule has 0 radical (unpaired) electrons. The van der Waals surface area contributed by atoms with E-state index in [1.807, 2.05) is 0 Å². The first-order chi connectivity index (χ1) is 10.3. The third-order valence-corrected chi connectivity index (χ3v) is 5.73. The van der Waals surface area contributed by atoms with E-state index >= 15 is 0 Å². The molecule has 0 heterocycles. The molecule has 1 amide bonds. The average Bonchev–Trinajstić information content (AvgIpc) is 2.97. The molecule has 122 valence electrons. The molecule has 1 fully saturated rings. The van der Waals surface area contributed by atoms with E-state index in [1.54, 1.807) is 36.2 Å². The first-order valence-corrected chi connectivity index (χ1v) is 9.92. The minimum absolute atomic E-state index is 0.159. The summed E-state index contributed by atoms with van der Waals surface area (Å²) in [5.74, 6) is -0.166. The summed E-state index contributed by atoms with van der Waals surface area (Å²) < 4.78 is 26.1. The number of rotatable bonds is 5. The van der Waals surface area contributed by atoms with E-state index in [2.05, 4.69) is 15.9 Å². The minimum Gasteiger partial charge on any atom is -0.341 e. The van der Waals surface area contributed by atoms with Gasteiger partial charge >= 0.3 is 0 Å². The van der Waals surface area contributed by atoms with Crippen molar-refractivity contribution < 1.29 is 13.2 Å². The lowest BCUT2D eigenvalue weighted by Gasteiger charge is -2.28. The highest BCUT2D eigenvalue weighted by Crippen LogP contribution is 2.24. The van der Waals surface area contributed by atoms with Crippen LogP contribution >= 0.6 is 15.9 Å². The van der Waals surface area contributed by atoms with Gasteiger partial charge in [0, 0.05) is 17.6 Å². The largest absolute Gasteiger partial charge is 0.341 e. The molecule has 0 saturated heterocycles. The van der Waals surface area contributed by atoms with Gasteiger partial charge in [0.15, 0.2) is 0 Å². The summed E-state index contributed by atoms with van der Waals surface area (Å²) in [6, 6.07) is 7.14. The number of anilines is 1. The van der Waals surface area contributed by atoms with Crippen molar-refractivity contribution in [3.63, 3.8) is 0 Å². The van der Waals surface area contributed by atoms with E-state index in [4.69, 9.17) is 0 Å². The number of hydrogen-bond donors (Lipinski definition) is 0. The molecule has 0 aliphatic heterocycles. The summed E-state index contributed by atoms with van der Waals surface area (Å²) in [5.41, 5.74) is 0.499. The molecule has 1 aromatic carbocycles. The Morgan fingerprint density at radius 2 is 1.77 bits per heavy atom. The summed E-state index contributed by atoms with van der Waals surface area (Å²) in [7, 11) is -1.75. The quantitative estimate of drug-likeness (QED) is 0.778. The molecule has 0 bridgehead atoms. The zero-order valence-electron chi connectivity index (χ0n) is 12.8. The molecular weight excluding hydrogens is 368 g/mol. The number of likely N-dealkylation sites (N-methyl/N-ethyl adjacent to an activating group) is 1. The van der Waals surface area contributed by atoms with Crippen molar-refractivity contribution in [1.29, 1.82) is 0 Å². The molecule has 1 saturated carbocycles. The van der Waals surface area contributed by atoms with Crippen LogP contribution in [-0.2, 0) is 14.8 Å². The second-order valence-electron chi connectivity index (χ2n) is 5.69. The topological polar surface area (TPSA) is 57.7 Å². The third-order valence-electron chi connectivity index (χ3n) is 4.06. The van der Waals surface area contributed by atoms with Gasteiger partial charge in [0.05, 0.1) is 11.9 Å². The lowest BCUT2D eigenvalue weighted by Crippen LogP contribution is -2.44. The Labute approximate surface area is 140 Å². The van der Waals surface area contributed by atoms with Crippen LogP contribution in [0.3, 0.4) is 0 Å². The van der Waals surface area contributed by atoms with Crippen molar-refractivity contribution in [1.82, 2.24) is 4.90 Å². The summed E-state index contributed by atoms with van der Waals surface area (Å²) >= 11 is 3.32. The van der Waals surface area contributed by atoms with Gasteiger partial charge in [0.25, 0.3) is 0 Å². The fourth-order valence-electron chi connectivity index (χ4n) is 2.74. The number of benzene rings is 1. The number of carbonyl (C=O) groups excluding carboxylic acids is 1. The standard InChI is InChI=1S/C15H21BrN2O3S/c1-17(13-5-3-4-6-13)15(19)11-18(22(2,20)21)14-9-7-12(16)8-10-14/h7-10,13H,3-6,11H2,1-2H3. The van der Waals surface area contributed by atoms with Gasteiger partial charge < -0.3 is 4.90 Å². The fraction of sp³-hybridized carbons (Fsp3) is 0.533. The molecule has 1 aliphatic rings. The molecule has 7 heteroatoms. The molecule has 0 aromatic heterocycles. The Hall–Kier alpha value is -1.08. The first-order valence-electron chi connectivity index (χ1n) is 7.28. The smallest absolute Gasteiger partial charge is 0.243 e. The van der Waals surface area contributed by atoms with Crippen molar-refractivity contribution >= 4 is 37.5 Å². The van der Waals surface area contributed by atoms with Crippen LogP contribution in [0.5, 0.6) is 0 Å². The van der Waals surface area contributed by atoms with Gasteiger partial charge in [-0.05, 0) is 37.1 Å². The highest BCUT2D eigenvalue weighted by atomic mass is 79.9. The summed E-state index contributed by atoms with van der Waals surface area (Å²) in [6.45, 7) is -0.159. The van der Waals surface area contributed by atoms with E-state index in [0.717, 1.165) is 40.7 Å². The molecule has 0 N–H and O–H groups in total. The number of carbonyl (C=O) groups is 1. The van der Waals surface area contributed by atoms with E-state index in [-0.39, 0.29) is 18.5 Å². The Morgan fingerprint density at radius 1 is 1.23 bits per heavy atom. The summed E-state index contributed by atoms with van der Waals surface area (Å²) in [5, 5.41) is 0. The van der Waals surface area contributed by atoms with Crippen LogP contribution in [0.1, 0.15) is 25.7 Å². The number of nitrogens with zero attached hydrogens (tertiary/aromatic N) is 2. The Balaban J connectivity index is 2.16. The maximum Gasteiger partial charge on any atom is 0.243 e. The Bertz CT molecular complexity index is 625. The second-order valence-corrected chi connectivity index (χ2v) is 8.51. The maximum atomic E-state index is 12.4. The second kappa shape index (κ2) is 7.00. The van der Waals surface area contributed by atoms with Crippen LogP contribution in [0.15, 0.2) is 28.7 Å². The molecule has 22 heavy (non-hydrogen) atoms. The third kappa shape index (κ3) is 4.23. The van der Waals surface area contributed by atoms with Crippen molar-refractivity contribution in [3.05, 3.63) is 28.7 Å². The average molecular weight is 389 g/mol. The van der Waals surface area contributed by atoms with Crippen LogP contribution in [0.4, 0.5) is 5.69 Å². The van der Waals surface area contributed by atoms with E-state index in [9.17, 15) is 13.2 Å². The lowest BCUT2D eigenvalue weighted by atomic mass is 10.2. The summed E-state index contributed by atoms with van der Waals surface area (Å²) in [4.78, 5) is 14.1. The minimum atomic E-state index is -3.51. The van der Waals surface area contributed by atoms with Crippen LogP contribution in [0, 0.1) is 0 Å². The van der Waals surface area contributed by atoms with Crippen molar-refractivity contribution in [2.45, 2.75) is 31.7 Å². The predicted octanol–water partition coefficient (Wildman–Crippen LogP) is 2.62. The fourth-order valence-corrected chi connectivity index (χ4v) is 3.85. The van der Waals surface area contributed by atoms with Crippen LogP contribution in [0.2, 0.25) is 0 Å². The van der Waals surface area contributed by atoms with Gasteiger partial charge in [0.1, 0.15) is 6.54 Å². The normalized spacial score (nSPS) is 15.8. The Morgan fingerprint density at radius 3 is 2.27 bits per heavy atom. The zero-order valence-corrected chi connectivity index (χ0v) is 15.2. The number of halogens is 1. The maximum absolute atomic E-state index is 12.4. The van der Waals surface area contributed by atoms with Crippen molar-refractivity contribution in [2.24, 2.45) is 0 Å². The number of amides is 1. The summed E-state index contributed by atoms with van der Waals surface area (Å²) in [6.07, 6.45) is 5.38. The molecular formula is C15H21BrN2O3S. The Kier molecular flexibility index (Phi) is 5.50. The van der Waals surface area contributed by atoms with Crippen molar-refractivity contribution in [2.75, 3.05) is 24.2 Å². The number of sulfonamides is 1. The number of hydrogen-bond acceptors (Lipinski definition) is 3. The monoisotopic (exact) mass is 388 g/mol. The van der Waals surface area contributed by atoms with Crippen molar-refractivity contribution in [3.8, 4) is 0 Å². The van der Waals surface area contributed by atoms with Gasteiger partial charge in [0.2, 0.25) is 15.9 Å². The molecule has 0 atom stereocenters. The zero-order chi connectivity index (χ0) is 16.3. The predicted molar refractivity (Wildman–Crippen MR) is 91.4 cm³/mol. The van der Waals surface area contributed by atoms with Gasteiger partial charge in [-0.1, -0.05) is 28.8 Å². The van der Waals surface area contributed by atoms with Crippen LogP contribution in [-0.4, -0.2) is 45.1 Å². The molecule has 0 spiro atoms. The van der Waals surface area contributed by atoms with Gasteiger partial charge in [-0.25, -0.2) is 8.42 Å². The molecule has 2 rings (SSSR count). The first kappa shape index (κ1) is 17.3. The van der Waals surface area contributed by atoms with Gasteiger partial charge in [-0.3, -0.25) is 9.10 Å². The highest BCUT2D eigenvalue weighted by Gasteiger charge is 2.27. The molecule has 1 aromatic rings. The van der Waals surface area contributed by atoms with Gasteiger partial charge in [-0.2, -0.15) is 0 Å². The van der Waals surface area contributed by atoms with E-state index in [0.29, 0.717) is 5.69 Å². The van der Waals surface area contributed by atoms with Crippen LogP contribution < -0.4 is 4.31 Å². The highest BCUT2D eigenvalue weighted by molar-refractivity contribution is 9.10. The SMILES string of the molecule is CN(C(=O)CN(c1ccc(Br)cc1)S(C)(=O)=O)C1CCCC1. The molecule has 5 nitrogen and oxygen atoms in total. The van der Waals surface area contributed by atoms with E-state index in [1.165, 1.54) is 0 Å². The van der Waals surface area contributed by atoms with Gasteiger partial charge in [-0.15, -0.1) is 0 Å². The van der Waals surface area contributed by atoms with E-state index < -0.39 is 10.0 Å². The van der Waals surface area contributed by atoms with Crippen LogP contribution in [0.25, 0.3) is 0 Å². The molecule has 0 unspecified atom stereocenters.